The standard InChI is InChI=1S/C18H22ClNS/c1-3-17(20)18(15-6-4-5-13(2)11-15)21-12-14-7-9-16(19)10-8-14/h4-11,17-18H,3,12,20H2,1-2H3. The monoisotopic (exact) mass is 319 g/mol. The number of halogens is 1. The highest BCUT2D eigenvalue weighted by atomic mass is 35.5. The van der Waals surface area contributed by atoms with Crippen LogP contribution >= 0.6 is 23.4 Å². The first kappa shape index (κ1) is 16.4. The third-order valence-corrected chi connectivity index (χ3v) is 5.31. The fourth-order valence-corrected chi connectivity index (χ4v) is 3.76. The summed E-state index contributed by atoms with van der Waals surface area (Å²) < 4.78 is 0. The maximum Gasteiger partial charge on any atom is 0.0451 e. The van der Waals surface area contributed by atoms with E-state index < -0.39 is 0 Å². The molecule has 2 rings (SSSR count). The molecule has 0 aliphatic carbocycles. The molecular weight excluding hydrogens is 298 g/mol. The van der Waals surface area contributed by atoms with Gasteiger partial charge in [0.1, 0.15) is 0 Å². The van der Waals surface area contributed by atoms with Crippen LogP contribution in [0.5, 0.6) is 0 Å². The summed E-state index contributed by atoms with van der Waals surface area (Å²) in [5, 5.41) is 1.11. The Bertz CT molecular complexity index is 568. The molecule has 0 amide bonds. The molecule has 0 aromatic heterocycles. The van der Waals surface area contributed by atoms with E-state index in [4.69, 9.17) is 17.3 Å². The summed E-state index contributed by atoms with van der Waals surface area (Å²) in [4.78, 5) is 0. The molecule has 0 heterocycles. The molecule has 0 fully saturated rings. The highest BCUT2D eigenvalue weighted by molar-refractivity contribution is 7.98. The first-order chi connectivity index (χ1) is 10.1. The molecule has 112 valence electrons. The third kappa shape index (κ3) is 4.77. The van der Waals surface area contributed by atoms with Crippen LogP contribution in [0.2, 0.25) is 5.02 Å². The Labute approximate surface area is 136 Å². The van der Waals surface area contributed by atoms with Crippen LogP contribution in [0.1, 0.15) is 35.3 Å². The summed E-state index contributed by atoms with van der Waals surface area (Å²) in [6, 6.07) is 16.9. The van der Waals surface area contributed by atoms with E-state index in [2.05, 4.69) is 50.2 Å². The van der Waals surface area contributed by atoms with Crippen LogP contribution in [-0.2, 0) is 5.75 Å². The molecule has 21 heavy (non-hydrogen) atoms. The van der Waals surface area contributed by atoms with Gasteiger partial charge < -0.3 is 5.73 Å². The molecule has 1 nitrogen and oxygen atoms in total. The van der Waals surface area contributed by atoms with Gasteiger partial charge in [0.25, 0.3) is 0 Å². The van der Waals surface area contributed by atoms with Gasteiger partial charge in [0.2, 0.25) is 0 Å². The summed E-state index contributed by atoms with van der Waals surface area (Å²) >= 11 is 7.84. The molecule has 3 heteroatoms. The Kier molecular flexibility index (Phi) is 6.16. The number of thioether (sulfide) groups is 1. The van der Waals surface area contributed by atoms with E-state index >= 15 is 0 Å². The Morgan fingerprint density at radius 1 is 1.14 bits per heavy atom. The van der Waals surface area contributed by atoms with Crippen molar-refractivity contribution in [2.24, 2.45) is 5.73 Å². The van der Waals surface area contributed by atoms with Crippen LogP contribution < -0.4 is 5.73 Å². The van der Waals surface area contributed by atoms with E-state index in [9.17, 15) is 0 Å². The van der Waals surface area contributed by atoms with Gasteiger partial charge in [-0.1, -0.05) is 60.5 Å². The molecule has 2 N–H and O–H groups in total. The lowest BCUT2D eigenvalue weighted by atomic mass is 10.0. The zero-order valence-corrected chi connectivity index (χ0v) is 14.1. The highest BCUT2D eigenvalue weighted by Gasteiger charge is 2.19. The van der Waals surface area contributed by atoms with Gasteiger partial charge in [0.15, 0.2) is 0 Å². The van der Waals surface area contributed by atoms with E-state index in [-0.39, 0.29) is 6.04 Å². The topological polar surface area (TPSA) is 26.0 Å². The molecule has 0 aliphatic heterocycles. The van der Waals surface area contributed by atoms with Gasteiger partial charge in [0, 0.05) is 22.1 Å². The third-order valence-electron chi connectivity index (χ3n) is 3.57. The molecule has 0 saturated heterocycles. The van der Waals surface area contributed by atoms with Gasteiger partial charge in [-0.2, -0.15) is 0 Å². The lowest BCUT2D eigenvalue weighted by Gasteiger charge is -2.23. The Hall–Kier alpha value is -0.960. The van der Waals surface area contributed by atoms with Gasteiger partial charge in [-0.05, 0) is 36.6 Å². The van der Waals surface area contributed by atoms with Crippen molar-refractivity contribution >= 4 is 23.4 Å². The van der Waals surface area contributed by atoms with Crippen molar-refractivity contribution in [2.75, 3.05) is 0 Å². The van der Waals surface area contributed by atoms with Crippen molar-refractivity contribution in [3.8, 4) is 0 Å². The maximum atomic E-state index is 6.35. The summed E-state index contributed by atoms with van der Waals surface area (Å²) in [5.74, 6) is 0.948. The smallest absolute Gasteiger partial charge is 0.0451 e. The van der Waals surface area contributed by atoms with Crippen LogP contribution in [0.25, 0.3) is 0 Å². The van der Waals surface area contributed by atoms with Gasteiger partial charge in [-0.25, -0.2) is 0 Å². The number of rotatable bonds is 6. The molecule has 2 aromatic carbocycles. The molecule has 2 aromatic rings. The predicted octanol–water partition coefficient (Wildman–Crippen LogP) is 5.36. The minimum Gasteiger partial charge on any atom is -0.326 e. The van der Waals surface area contributed by atoms with Crippen LogP contribution in [0, 0.1) is 6.92 Å². The quantitative estimate of drug-likeness (QED) is 0.775. The molecular formula is C18H22ClNS. The van der Waals surface area contributed by atoms with Crippen LogP contribution in [0.4, 0.5) is 0 Å². The van der Waals surface area contributed by atoms with Crippen molar-refractivity contribution < 1.29 is 0 Å². The summed E-state index contributed by atoms with van der Waals surface area (Å²) in [6.45, 7) is 4.28. The largest absolute Gasteiger partial charge is 0.326 e. The second-order valence-electron chi connectivity index (χ2n) is 5.34. The molecule has 0 radical (unpaired) electrons. The summed E-state index contributed by atoms with van der Waals surface area (Å²) in [6.07, 6.45) is 0.978. The van der Waals surface area contributed by atoms with Crippen molar-refractivity contribution in [2.45, 2.75) is 37.3 Å². The van der Waals surface area contributed by atoms with Crippen molar-refractivity contribution in [3.05, 3.63) is 70.2 Å². The van der Waals surface area contributed by atoms with E-state index in [1.54, 1.807) is 0 Å². The normalized spacial score (nSPS) is 13.9. The van der Waals surface area contributed by atoms with Gasteiger partial charge in [-0.3, -0.25) is 0 Å². The van der Waals surface area contributed by atoms with Gasteiger partial charge in [-0.15, -0.1) is 11.8 Å². The molecule has 0 aliphatic rings. The first-order valence-corrected chi connectivity index (χ1v) is 8.71. The zero-order chi connectivity index (χ0) is 15.2. The fourth-order valence-electron chi connectivity index (χ4n) is 2.29. The van der Waals surface area contributed by atoms with E-state index in [1.807, 2.05) is 23.9 Å². The van der Waals surface area contributed by atoms with Crippen molar-refractivity contribution in [1.29, 1.82) is 0 Å². The van der Waals surface area contributed by atoms with Crippen molar-refractivity contribution in [1.82, 2.24) is 0 Å². The maximum absolute atomic E-state index is 6.35. The Balaban J connectivity index is 2.11. The van der Waals surface area contributed by atoms with Crippen LogP contribution in [-0.4, -0.2) is 6.04 Å². The highest BCUT2D eigenvalue weighted by Crippen LogP contribution is 2.35. The molecule has 0 spiro atoms. The lowest BCUT2D eigenvalue weighted by Crippen LogP contribution is -2.25. The van der Waals surface area contributed by atoms with E-state index in [0.717, 1.165) is 17.2 Å². The molecule has 2 unspecified atom stereocenters. The number of aryl methyl sites for hydroxylation is 1. The minimum atomic E-state index is 0.170. The second-order valence-corrected chi connectivity index (χ2v) is 6.91. The molecule has 2 atom stereocenters. The lowest BCUT2D eigenvalue weighted by molar-refractivity contribution is 0.634. The fraction of sp³-hybridized carbons (Fsp3) is 0.333. The van der Waals surface area contributed by atoms with Crippen molar-refractivity contribution in [3.63, 3.8) is 0 Å². The van der Waals surface area contributed by atoms with Crippen LogP contribution in [0.15, 0.2) is 48.5 Å². The van der Waals surface area contributed by atoms with Gasteiger partial charge >= 0.3 is 0 Å². The summed E-state index contributed by atoms with van der Waals surface area (Å²) in [5.41, 5.74) is 10.2. The second kappa shape index (κ2) is 7.88. The van der Waals surface area contributed by atoms with Gasteiger partial charge in [0.05, 0.1) is 0 Å². The summed E-state index contributed by atoms with van der Waals surface area (Å²) in [7, 11) is 0. The Morgan fingerprint density at radius 3 is 2.48 bits per heavy atom. The van der Waals surface area contributed by atoms with E-state index in [0.29, 0.717) is 5.25 Å². The average Bonchev–Trinajstić information content (AvgIpc) is 2.49. The number of hydrogen-bond acceptors (Lipinski definition) is 2. The average molecular weight is 320 g/mol. The number of nitrogens with two attached hydrogens (primary N) is 1. The minimum absolute atomic E-state index is 0.170. The molecule has 0 bridgehead atoms. The number of benzene rings is 2. The first-order valence-electron chi connectivity index (χ1n) is 7.28. The predicted molar refractivity (Wildman–Crippen MR) is 94.9 cm³/mol. The zero-order valence-electron chi connectivity index (χ0n) is 12.6. The number of hydrogen-bond donors (Lipinski definition) is 1. The Morgan fingerprint density at radius 2 is 1.86 bits per heavy atom. The molecule has 0 saturated carbocycles. The van der Waals surface area contributed by atoms with Crippen LogP contribution in [0.3, 0.4) is 0 Å². The SMILES string of the molecule is CCC(N)C(SCc1ccc(Cl)cc1)c1cccc(C)c1. The van der Waals surface area contributed by atoms with E-state index in [1.165, 1.54) is 16.7 Å².